The van der Waals surface area contributed by atoms with Crippen LogP contribution in [0.25, 0.3) is 10.8 Å². The van der Waals surface area contributed by atoms with E-state index >= 15 is 0 Å². The summed E-state index contributed by atoms with van der Waals surface area (Å²) in [6.45, 7) is 0. The molecule has 0 fully saturated rings. The quantitative estimate of drug-likeness (QED) is 0.349. The fourth-order valence-electron chi connectivity index (χ4n) is 1.70. The third-order valence-electron chi connectivity index (χ3n) is 2.55. The second-order valence-corrected chi connectivity index (χ2v) is 5.05. The average Bonchev–Trinajstić information content (AvgIpc) is 2.38. The summed E-state index contributed by atoms with van der Waals surface area (Å²) in [5.41, 5.74) is 0. The van der Waals surface area contributed by atoms with E-state index in [0.29, 0.717) is 0 Å². The standard InChI is InChI=1S/C10HF7O3S/c11-3-1-2(5(13)7(15)6(3)14)10(21(18,19)20)9(17)8(16)4(1)12/h(H,18,19,20)/p-1. The van der Waals surface area contributed by atoms with Crippen molar-refractivity contribution in [3.05, 3.63) is 40.7 Å². The van der Waals surface area contributed by atoms with E-state index in [1.165, 1.54) is 0 Å². The molecule has 2 aromatic rings. The van der Waals surface area contributed by atoms with Gasteiger partial charge in [-0.2, -0.15) is 0 Å². The van der Waals surface area contributed by atoms with Gasteiger partial charge in [-0.1, -0.05) is 0 Å². The third-order valence-corrected chi connectivity index (χ3v) is 3.43. The van der Waals surface area contributed by atoms with E-state index in [1.807, 2.05) is 0 Å². The Morgan fingerprint density at radius 1 is 0.571 bits per heavy atom. The summed E-state index contributed by atoms with van der Waals surface area (Å²) in [7, 11) is -6.00. The smallest absolute Gasteiger partial charge is 0.198 e. The molecule has 21 heavy (non-hydrogen) atoms. The van der Waals surface area contributed by atoms with Crippen LogP contribution < -0.4 is 0 Å². The van der Waals surface area contributed by atoms with E-state index in [-0.39, 0.29) is 0 Å². The first-order chi connectivity index (χ1) is 9.50. The number of rotatable bonds is 1. The Morgan fingerprint density at radius 2 is 0.905 bits per heavy atom. The molecule has 0 amide bonds. The van der Waals surface area contributed by atoms with E-state index in [2.05, 4.69) is 0 Å². The van der Waals surface area contributed by atoms with Crippen molar-refractivity contribution in [1.82, 2.24) is 0 Å². The summed E-state index contributed by atoms with van der Waals surface area (Å²) in [6, 6.07) is 0. The van der Waals surface area contributed by atoms with Crippen molar-refractivity contribution in [3.8, 4) is 0 Å². The van der Waals surface area contributed by atoms with Crippen LogP contribution in [0.2, 0.25) is 0 Å². The molecule has 2 rings (SSSR count). The Hall–Kier alpha value is -1.88. The first-order valence-electron chi connectivity index (χ1n) is 4.78. The molecule has 0 aliphatic heterocycles. The largest absolute Gasteiger partial charge is 0.744 e. The zero-order valence-electron chi connectivity index (χ0n) is 9.28. The molecule has 0 unspecified atom stereocenters. The molecule has 114 valence electrons. The molecule has 0 saturated carbocycles. The first-order valence-corrected chi connectivity index (χ1v) is 6.19. The summed E-state index contributed by atoms with van der Waals surface area (Å²) in [5, 5.41) is -4.07. The van der Waals surface area contributed by atoms with Crippen molar-refractivity contribution in [2.75, 3.05) is 0 Å². The maximum Gasteiger partial charge on any atom is 0.198 e. The molecule has 0 aliphatic rings. The van der Waals surface area contributed by atoms with E-state index in [0.717, 1.165) is 0 Å². The molecule has 0 aliphatic carbocycles. The van der Waals surface area contributed by atoms with Gasteiger partial charge in [-0.3, -0.25) is 0 Å². The predicted octanol–water partition coefficient (Wildman–Crippen LogP) is 2.72. The summed E-state index contributed by atoms with van der Waals surface area (Å²) in [4.78, 5) is -2.35. The lowest BCUT2D eigenvalue weighted by molar-refractivity contribution is 0.401. The van der Waals surface area contributed by atoms with E-state index in [9.17, 15) is 43.7 Å². The topological polar surface area (TPSA) is 57.2 Å². The van der Waals surface area contributed by atoms with Crippen LogP contribution in [0.4, 0.5) is 30.7 Å². The molecule has 0 spiro atoms. The Labute approximate surface area is 111 Å². The molecule has 0 radical (unpaired) electrons. The molecule has 0 heterocycles. The Bertz CT molecular complexity index is 884. The maximum absolute atomic E-state index is 13.5. The van der Waals surface area contributed by atoms with Gasteiger partial charge in [-0.25, -0.2) is 39.2 Å². The number of fused-ring (bicyclic) bond motifs is 1. The highest BCUT2D eigenvalue weighted by Crippen LogP contribution is 2.36. The molecule has 3 nitrogen and oxygen atoms in total. The minimum atomic E-state index is -6.00. The fourth-order valence-corrected chi connectivity index (χ4v) is 2.45. The highest BCUT2D eigenvalue weighted by atomic mass is 32.2. The van der Waals surface area contributed by atoms with E-state index in [4.69, 9.17) is 0 Å². The highest BCUT2D eigenvalue weighted by Gasteiger charge is 2.32. The van der Waals surface area contributed by atoms with Crippen LogP contribution in [0.3, 0.4) is 0 Å². The highest BCUT2D eigenvalue weighted by molar-refractivity contribution is 7.86. The first kappa shape index (κ1) is 15.5. The lowest BCUT2D eigenvalue weighted by atomic mass is 10.1. The Balaban J connectivity index is 3.35. The number of hydrogen-bond donors (Lipinski definition) is 0. The van der Waals surface area contributed by atoms with Gasteiger partial charge < -0.3 is 4.55 Å². The van der Waals surface area contributed by atoms with Crippen molar-refractivity contribution in [2.24, 2.45) is 0 Å². The molecule has 0 N–H and O–H groups in total. The minimum Gasteiger partial charge on any atom is -0.744 e. The van der Waals surface area contributed by atoms with Crippen molar-refractivity contribution < 1.29 is 43.7 Å². The second kappa shape index (κ2) is 4.56. The van der Waals surface area contributed by atoms with Gasteiger partial charge in [0.05, 0.1) is 5.39 Å². The predicted molar refractivity (Wildman–Crippen MR) is 51.6 cm³/mol. The van der Waals surface area contributed by atoms with Crippen molar-refractivity contribution in [2.45, 2.75) is 4.90 Å². The van der Waals surface area contributed by atoms with Gasteiger partial charge in [0.25, 0.3) is 0 Å². The Kier molecular flexibility index (Phi) is 3.37. The normalized spacial score (nSPS) is 12.2. The average molecular weight is 333 g/mol. The summed E-state index contributed by atoms with van der Waals surface area (Å²) in [6.07, 6.45) is 0. The lowest BCUT2D eigenvalue weighted by Crippen LogP contribution is -2.11. The molecular formula is C10F7O3S-. The van der Waals surface area contributed by atoms with Crippen LogP contribution in [-0.4, -0.2) is 13.0 Å². The van der Waals surface area contributed by atoms with Crippen LogP contribution in [-0.2, 0) is 10.1 Å². The van der Waals surface area contributed by atoms with Gasteiger partial charge in [-0.15, -0.1) is 0 Å². The zero-order chi connectivity index (χ0) is 16.3. The van der Waals surface area contributed by atoms with Gasteiger partial charge >= 0.3 is 0 Å². The summed E-state index contributed by atoms with van der Waals surface area (Å²) < 4.78 is 125. The van der Waals surface area contributed by atoms with Crippen LogP contribution in [0.1, 0.15) is 0 Å². The SMILES string of the molecule is O=S(=O)([O-])c1c(F)c(F)c(F)c2c(F)c(F)c(F)c(F)c12. The molecule has 0 aromatic heterocycles. The number of benzene rings is 2. The van der Waals surface area contributed by atoms with Gasteiger partial charge in [-0.05, 0) is 0 Å². The van der Waals surface area contributed by atoms with Crippen molar-refractivity contribution in [1.29, 1.82) is 0 Å². The molecule has 0 atom stereocenters. The Morgan fingerprint density at radius 3 is 1.29 bits per heavy atom. The zero-order valence-corrected chi connectivity index (χ0v) is 10.1. The molecule has 2 aromatic carbocycles. The molecule has 0 bridgehead atoms. The fraction of sp³-hybridized carbons (Fsp3) is 0. The minimum absolute atomic E-state index is 2.03. The molecule has 0 saturated heterocycles. The number of hydrogen-bond acceptors (Lipinski definition) is 3. The van der Waals surface area contributed by atoms with Gasteiger partial charge in [0.15, 0.2) is 40.7 Å². The molecular weight excluding hydrogens is 333 g/mol. The van der Waals surface area contributed by atoms with Crippen LogP contribution in [0, 0.1) is 40.7 Å². The number of halogens is 7. The van der Waals surface area contributed by atoms with E-state index < -0.39 is 66.5 Å². The second-order valence-electron chi connectivity index (χ2n) is 3.73. The maximum atomic E-state index is 13.5. The van der Waals surface area contributed by atoms with Crippen LogP contribution >= 0.6 is 0 Å². The van der Waals surface area contributed by atoms with Crippen molar-refractivity contribution >= 4 is 20.9 Å². The molecule has 11 heteroatoms. The third kappa shape index (κ3) is 2.03. The van der Waals surface area contributed by atoms with Gasteiger partial charge in [0, 0.05) is 5.39 Å². The lowest BCUT2D eigenvalue weighted by Gasteiger charge is -2.15. The van der Waals surface area contributed by atoms with E-state index in [1.54, 1.807) is 0 Å². The van der Waals surface area contributed by atoms with Crippen LogP contribution in [0.5, 0.6) is 0 Å². The van der Waals surface area contributed by atoms with Gasteiger partial charge in [0.2, 0.25) is 0 Å². The summed E-state index contributed by atoms with van der Waals surface area (Å²) in [5.74, 6) is -18.1. The van der Waals surface area contributed by atoms with Crippen LogP contribution in [0.15, 0.2) is 4.90 Å². The van der Waals surface area contributed by atoms with Crippen molar-refractivity contribution in [3.63, 3.8) is 0 Å². The monoisotopic (exact) mass is 333 g/mol. The summed E-state index contributed by atoms with van der Waals surface area (Å²) >= 11 is 0. The van der Waals surface area contributed by atoms with Gasteiger partial charge in [0.1, 0.15) is 15.0 Å².